The van der Waals surface area contributed by atoms with E-state index in [-0.39, 0.29) is 13.0 Å². The summed E-state index contributed by atoms with van der Waals surface area (Å²) in [5, 5.41) is 2.83. The van der Waals surface area contributed by atoms with Gasteiger partial charge in [-0.05, 0) is 11.4 Å². The van der Waals surface area contributed by atoms with Crippen molar-refractivity contribution in [3.05, 3.63) is 22.9 Å². The van der Waals surface area contributed by atoms with Gasteiger partial charge in [0.2, 0.25) is 5.91 Å². The maximum Gasteiger partial charge on any atom is 0.307 e. The molecule has 106 valence electrons. The summed E-state index contributed by atoms with van der Waals surface area (Å²) in [6.45, 7) is -0.172. The van der Waals surface area contributed by atoms with Crippen molar-refractivity contribution in [2.45, 2.75) is 11.7 Å². The van der Waals surface area contributed by atoms with Crippen molar-refractivity contribution in [3.63, 3.8) is 0 Å². The van der Waals surface area contributed by atoms with Crippen LogP contribution in [0.25, 0.3) is 10.6 Å². The highest BCUT2D eigenvalue weighted by molar-refractivity contribution is 7.87. The molecule has 9 heteroatoms. The van der Waals surface area contributed by atoms with Crippen LogP contribution in [0.5, 0.6) is 0 Å². The molecule has 1 aliphatic rings. The quantitative estimate of drug-likeness (QED) is 0.809. The molecule has 20 heavy (non-hydrogen) atoms. The Labute approximate surface area is 122 Å². The van der Waals surface area contributed by atoms with Gasteiger partial charge in [-0.25, -0.2) is 4.98 Å². The molecule has 3 rings (SSSR count). The molecule has 2 aromatic heterocycles. The zero-order valence-corrected chi connectivity index (χ0v) is 12.5. The van der Waals surface area contributed by atoms with Gasteiger partial charge >= 0.3 is 10.2 Å². The van der Waals surface area contributed by atoms with Crippen LogP contribution in [0.3, 0.4) is 0 Å². The number of anilines is 1. The number of hydrogen-bond donors (Lipinski definition) is 0. The number of halogens is 1. The predicted molar refractivity (Wildman–Crippen MR) is 76.2 cm³/mol. The number of nitrogens with zero attached hydrogens (tertiary/aromatic N) is 2. The van der Waals surface area contributed by atoms with E-state index in [1.54, 1.807) is 5.38 Å². The van der Waals surface area contributed by atoms with E-state index in [4.69, 9.17) is 0 Å². The number of hydrogen-bond acceptors (Lipinski definition) is 6. The number of thiazole rings is 1. The fourth-order valence-corrected chi connectivity index (χ4v) is 4.25. The summed E-state index contributed by atoms with van der Waals surface area (Å²) < 4.78 is 34.7. The van der Waals surface area contributed by atoms with E-state index < -0.39 is 21.4 Å². The molecule has 3 heterocycles. The standard InChI is InChI=1S/C11H9FN2O3S3/c12-20(16,17)7-4-10(15)14(5-7)11-13-8(6-19-11)9-2-1-3-18-9/h1-3,6-7H,4-5H2. The van der Waals surface area contributed by atoms with Crippen LogP contribution in [-0.4, -0.2) is 31.1 Å². The van der Waals surface area contributed by atoms with Crippen LogP contribution in [0.2, 0.25) is 0 Å². The molecule has 0 aromatic carbocycles. The lowest BCUT2D eigenvalue weighted by Crippen LogP contribution is -2.26. The highest BCUT2D eigenvalue weighted by Gasteiger charge is 2.40. The molecule has 1 fully saturated rings. The van der Waals surface area contributed by atoms with Crippen molar-refractivity contribution in [3.8, 4) is 10.6 Å². The van der Waals surface area contributed by atoms with Gasteiger partial charge in [-0.3, -0.25) is 9.69 Å². The number of amides is 1. The first-order valence-corrected chi connectivity index (χ1v) is 8.89. The molecule has 2 aromatic rings. The lowest BCUT2D eigenvalue weighted by Gasteiger charge is -2.11. The van der Waals surface area contributed by atoms with E-state index in [9.17, 15) is 17.1 Å². The minimum atomic E-state index is -4.70. The average molecular weight is 332 g/mol. The maximum absolute atomic E-state index is 13.0. The third-order valence-electron chi connectivity index (χ3n) is 2.98. The molecule has 1 saturated heterocycles. The second-order valence-corrected chi connectivity index (χ2v) is 7.70. The Balaban J connectivity index is 1.86. The lowest BCUT2D eigenvalue weighted by molar-refractivity contribution is -0.117. The second kappa shape index (κ2) is 4.90. The summed E-state index contributed by atoms with van der Waals surface area (Å²) in [6.07, 6.45) is -0.327. The normalized spacial score (nSPS) is 19.8. The third kappa shape index (κ3) is 2.48. The van der Waals surface area contributed by atoms with Crippen LogP contribution in [0.1, 0.15) is 6.42 Å². The van der Waals surface area contributed by atoms with E-state index in [0.29, 0.717) is 5.13 Å². The highest BCUT2D eigenvalue weighted by atomic mass is 32.3. The van der Waals surface area contributed by atoms with Crippen molar-refractivity contribution >= 4 is 43.9 Å². The maximum atomic E-state index is 13.0. The van der Waals surface area contributed by atoms with Gasteiger partial charge in [0.1, 0.15) is 5.25 Å². The molecule has 0 spiro atoms. The van der Waals surface area contributed by atoms with Gasteiger partial charge in [0, 0.05) is 18.3 Å². The lowest BCUT2D eigenvalue weighted by atomic mass is 10.4. The van der Waals surface area contributed by atoms with E-state index in [0.717, 1.165) is 10.6 Å². The first kappa shape index (κ1) is 13.7. The van der Waals surface area contributed by atoms with Crippen LogP contribution in [0.15, 0.2) is 22.9 Å². The summed E-state index contributed by atoms with van der Waals surface area (Å²) in [4.78, 5) is 18.3. The van der Waals surface area contributed by atoms with E-state index in [1.807, 2.05) is 17.5 Å². The van der Waals surface area contributed by atoms with Gasteiger partial charge in [0.15, 0.2) is 5.13 Å². The molecule has 0 aliphatic carbocycles. The van der Waals surface area contributed by atoms with Crippen LogP contribution >= 0.6 is 22.7 Å². The van der Waals surface area contributed by atoms with Gasteiger partial charge in [-0.2, -0.15) is 8.42 Å². The van der Waals surface area contributed by atoms with E-state index in [2.05, 4.69) is 4.98 Å². The Bertz CT molecular complexity index is 739. The van der Waals surface area contributed by atoms with E-state index in [1.165, 1.54) is 27.6 Å². The summed E-state index contributed by atoms with van der Waals surface area (Å²) in [5.74, 6) is -0.414. The van der Waals surface area contributed by atoms with Crippen molar-refractivity contribution in [1.29, 1.82) is 0 Å². The Morgan fingerprint density at radius 2 is 2.20 bits per heavy atom. The van der Waals surface area contributed by atoms with Gasteiger partial charge in [-0.1, -0.05) is 6.07 Å². The topological polar surface area (TPSA) is 67.3 Å². The van der Waals surface area contributed by atoms with E-state index >= 15 is 0 Å². The molecular weight excluding hydrogens is 323 g/mol. The van der Waals surface area contributed by atoms with Gasteiger partial charge in [0.05, 0.1) is 10.6 Å². The van der Waals surface area contributed by atoms with Gasteiger partial charge < -0.3 is 0 Å². The van der Waals surface area contributed by atoms with Crippen LogP contribution < -0.4 is 4.90 Å². The van der Waals surface area contributed by atoms with Crippen LogP contribution in [0.4, 0.5) is 9.02 Å². The summed E-state index contributed by atoms with van der Waals surface area (Å²) in [5.41, 5.74) is 0.736. The average Bonchev–Trinajstić information content (AvgIpc) is 3.06. The third-order valence-corrected chi connectivity index (χ3v) is 5.85. The second-order valence-electron chi connectivity index (χ2n) is 4.30. The Morgan fingerprint density at radius 1 is 1.40 bits per heavy atom. The Morgan fingerprint density at radius 3 is 2.80 bits per heavy atom. The number of carbonyl (C=O) groups excluding carboxylic acids is 1. The van der Waals surface area contributed by atoms with Gasteiger partial charge in [-0.15, -0.1) is 26.6 Å². The first-order chi connectivity index (χ1) is 9.45. The summed E-state index contributed by atoms with van der Waals surface area (Å²) in [7, 11) is -4.70. The first-order valence-electron chi connectivity index (χ1n) is 5.68. The fraction of sp³-hybridized carbons (Fsp3) is 0.273. The summed E-state index contributed by atoms with van der Waals surface area (Å²) >= 11 is 2.77. The molecule has 1 atom stereocenters. The Hall–Kier alpha value is -1.32. The Kier molecular flexibility index (Phi) is 3.35. The minimum absolute atomic E-state index is 0.172. The molecule has 5 nitrogen and oxygen atoms in total. The largest absolute Gasteiger partial charge is 0.307 e. The molecule has 1 amide bonds. The van der Waals surface area contributed by atoms with Crippen LogP contribution in [0, 0.1) is 0 Å². The smallest absolute Gasteiger partial charge is 0.287 e. The van der Waals surface area contributed by atoms with Gasteiger partial charge in [0.25, 0.3) is 0 Å². The zero-order valence-electron chi connectivity index (χ0n) is 10.0. The molecule has 0 saturated carbocycles. The van der Waals surface area contributed by atoms with Crippen LogP contribution in [-0.2, 0) is 15.0 Å². The number of carbonyl (C=O) groups is 1. The summed E-state index contributed by atoms with van der Waals surface area (Å²) in [6, 6.07) is 3.80. The SMILES string of the molecule is O=C1CC(S(=O)(=O)F)CN1c1nc(-c2cccs2)cs1. The molecule has 0 bridgehead atoms. The molecule has 1 aliphatic heterocycles. The van der Waals surface area contributed by atoms with Crippen molar-refractivity contribution in [2.24, 2.45) is 0 Å². The zero-order chi connectivity index (χ0) is 14.3. The number of thiophene rings is 1. The number of rotatable bonds is 3. The minimum Gasteiger partial charge on any atom is -0.287 e. The molecule has 1 unspecified atom stereocenters. The molecular formula is C11H9FN2O3S3. The predicted octanol–water partition coefficient (Wildman–Crippen LogP) is 2.28. The van der Waals surface area contributed by atoms with Crippen molar-refractivity contribution < 1.29 is 17.1 Å². The number of aromatic nitrogens is 1. The van der Waals surface area contributed by atoms with Crippen molar-refractivity contribution in [2.75, 3.05) is 11.4 Å². The molecule has 0 radical (unpaired) electrons. The molecule has 0 N–H and O–H groups in total. The fourth-order valence-electron chi connectivity index (χ4n) is 1.97. The highest BCUT2D eigenvalue weighted by Crippen LogP contribution is 2.33. The van der Waals surface area contributed by atoms with Crippen molar-refractivity contribution in [1.82, 2.24) is 4.98 Å². The monoisotopic (exact) mass is 332 g/mol.